The normalized spacial score (nSPS) is 14.4. The van der Waals surface area contributed by atoms with Crippen LogP contribution in [0.5, 0.6) is 0 Å². The molecule has 2 heterocycles. The highest BCUT2D eigenvalue weighted by molar-refractivity contribution is 7.13. The van der Waals surface area contributed by atoms with Gasteiger partial charge in [0.1, 0.15) is 10.7 Å². The molecule has 2 aromatic carbocycles. The smallest absolute Gasteiger partial charge is 0.273 e. The molecule has 3 aromatic rings. The highest BCUT2D eigenvalue weighted by atomic mass is 32.1. The molecule has 1 aliphatic heterocycles. The van der Waals surface area contributed by atoms with Crippen molar-refractivity contribution in [2.75, 3.05) is 31.1 Å². The summed E-state index contributed by atoms with van der Waals surface area (Å²) in [5.41, 5.74) is 5.33. The lowest BCUT2D eigenvalue weighted by Gasteiger charge is -2.36. The zero-order valence-corrected chi connectivity index (χ0v) is 16.5. The van der Waals surface area contributed by atoms with Crippen molar-refractivity contribution in [2.24, 2.45) is 0 Å². The van der Waals surface area contributed by atoms with Crippen LogP contribution in [0, 0.1) is 13.8 Å². The maximum atomic E-state index is 12.8. The van der Waals surface area contributed by atoms with Gasteiger partial charge in [-0.2, -0.15) is 0 Å². The fourth-order valence-corrected chi connectivity index (χ4v) is 4.16. The van der Waals surface area contributed by atoms with Gasteiger partial charge < -0.3 is 9.80 Å². The molecule has 0 saturated carbocycles. The first-order valence-corrected chi connectivity index (χ1v) is 10.1. The molecular formula is C22H23N3OS. The molecule has 138 valence electrons. The molecule has 1 fully saturated rings. The number of anilines is 1. The summed E-state index contributed by atoms with van der Waals surface area (Å²) in [4.78, 5) is 21.7. The molecule has 5 heteroatoms. The van der Waals surface area contributed by atoms with Crippen LogP contribution < -0.4 is 4.90 Å². The summed E-state index contributed by atoms with van der Waals surface area (Å²) in [6.45, 7) is 7.33. The van der Waals surface area contributed by atoms with Crippen molar-refractivity contribution in [3.05, 3.63) is 70.7 Å². The molecule has 1 aromatic heterocycles. The molecule has 0 radical (unpaired) electrons. The van der Waals surface area contributed by atoms with Crippen molar-refractivity contribution in [2.45, 2.75) is 13.8 Å². The maximum absolute atomic E-state index is 12.8. The van der Waals surface area contributed by atoms with Crippen molar-refractivity contribution in [1.82, 2.24) is 9.88 Å². The topological polar surface area (TPSA) is 36.4 Å². The quantitative estimate of drug-likeness (QED) is 0.679. The van der Waals surface area contributed by atoms with E-state index in [1.165, 1.54) is 28.2 Å². The molecule has 0 unspecified atom stereocenters. The van der Waals surface area contributed by atoms with Gasteiger partial charge in [-0.15, -0.1) is 11.3 Å². The molecule has 4 nitrogen and oxygen atoms in total. The van der Waals surface area contributed by atoms with Crippen LogP contribution in [0.25, 0.3) is 10.6 Å². The Morgan fingerprint density at radius 1 is 0.963 bits per heavy atom. The molecule has 27 heavy (non-hydrogen) atoms. The van der Waals surface area contributed by atoms with Crippen LogP contribution in [-0.4, -0.2) is 42.0 Å². The summed E-state index contributed by atoms with van der Waals surface area (Å²) < 4.78 is 0. The second-order valence-electron chi connectivity index (χ2n) is 7.02. The van der Waals surface area contributed by atoms with Gasteiger partial charge in [0.25, 0.3) is 5.91 Å². The number of carbonyl (C=O) groups excluding carboxylic acids is 1. The minimum absolute atomic E-state index is 0.0357. The lowest BCUT2D eigenvalue weighted by atomic mass is 10.2. The molecular weight excluding hydrogens is 354 g/mol. The van der Waals surface area contributed by atoms with Crippen LogP contribution in [0.4, 0.5) is 5.69 Å². The first-order valence-electron chi connectivity index (χ1n) is 9.23. The number of nitrogens with zero attached hydrogens (tertiary/aromatic N) is 3. The summed E-state index contributed by atoms with van der Waals surface area (Å²) in [5, 5.41) is 2.78. The van der Waals surface area contributed by atoms with Crippen LogP contribution in [0.1, 0.15) is 21.6 Å². The van der Waals surface area contributed by atoms with E-state index in [1.807, 2.05) is 10.3 Å². The number of carbonyl (C=O) groups is 1. The molecule has 4 rings (SSSR count). The molecule has 0 spiro atoms. The van der Waals surface area contributed by atoms with Gasteiger partial charge in [-0.3, -0.25) is 4.79 Å². The number of benzene rings is 2. The average molecular weight is 378 g/mol. The van der Waals surface area contributed by atoms with Crippen LogP contribution in [0.3, 0.4) is 0 Å². The minimum atomic E-state index is 0.0357. The first kappa shape index (κ1) is 17.7. The van der Waals surface area contributed by atoms with E-state index in [0.29, 0.717) is 5.69 Å². The number of piperazine rings is 1. The van der Waals surface area contributed by atoms with Gasteiger partial charge in [0, 0.05) is 42.8 Å². The number of amides is 1. The molecule has 1 aliphatic rings. The van der Waals surface area contributed by atoms with E-state index in [9.17, 15) is 4.79 Å². The SMILES string of the molecule is Cc1ccc(-c2nc(C(=O)N3CCN(c4cccc(C)c4)CC3)cs2)cc1. The minimum Gasteiger partial charge on any atom is -0.368 e. The van der Waals surface area contributed by atoms with Crippen LogP contribution in [-0.2, 0) is 0 Å². The van der Waals surface area contributed by atoms with E-state index in [-0.39, 0.29) is 5.91 Å². The number of rotatable bonds is 3. The molecule has 0 bridgehead atoms. The summed E-state index contributed by atoms with van der Waals surface area (Å²) in [6.07, 6.45) is 0. The van der Waals surface area contributed by atoms with Gasteiger partial charge in [-0.1, -0.05) is 42.0 Å². The maximum Gasteiger partial charge on any atom is 0.273 e. The van der Waals surface area contributed by atoms with E-state index in [2.05, 4.69) is 72.3 Å². The van der Waals surface area contributed by atoms with Gasteiger partial charge in [-0.25, -0.2) is 4.98 Å². The predicted octanol–water partition coefficient (Wildman–Crippen LogP) is 4.39. The van der Waals surface area contributed by atoms with Crippen molar-refractivity contribution < 1.29 is 4.79 Å². The van der Waals surface area contributed by atoms with Gasteiger partial charge in [0.15, 0.2) is 0 Å². The van der Waals surface area contributed by atoms with E-state index < -0.39 is 0 Å². The summed E-state index contributed by atoms with van der Waals surface area (Å²) in [7, 11) is 0. The fraction of sp³-hybridized carbons (Fsp3) is 0.273. The average Bonchev–Trinajstić information content (AvgIpc) is 3.18. The molecule has 0 atom stereocenters. The largest absolute Gasteiger partial charge is 0.368 e. The third-order valence-corrected chi connectivity index (χ3v) is 5.85. The lowest BCUT2D eigenvalue weighted by molar-refractivity contribution is 0.0742. The number of aryl methyl sites for hydroxylation is 2. The van der Waals surface area contributed by atoms with Crippen molar-refractivity contribution in [3.8, 4) is 10.6 Å². The number of hydrogen-bond acceptors (Lipinski definition) is 4. The number of hydrogen-bond donors (Lipinski definition) is 0. The van der Waals surface area contributed by atoms with E-state index in [4.69, 9.17) is 0 Å². The Hall–Kier alpha value is -2.66. The van der Waals surface area contributed by atoms with Crippen LogP contribution in [0.2, 0.25) is 0 Å². The van der Waals surface area contributed by atoms with Crippen LogP contribution >= 0.6 is 11.3 Å². The summed E-state index contributed by atoms with van der Waals surface area (Å²) >= 11 is 1.53. The Morgan fingerprint density at radius 3 is 2.41 bits per heavy atom. The summed E-state index contributed by atoms with van der Waals surface area (Å²) in [5.74, 6) is 0.0357. The molecule has 1 amide bonds. The predicted molar refractivity (Wildman–Crippen MR) is 112 cm³/mol. The lowest BCUT2D eigenvalue weighted by Crippen LogP contribution is -2.48. The second-order valence-corrected chi connectivity index (χ2v) is 7.88. The van der Waals surface area contributed by atoms with Gasteiger partial charge in [0.2, 0.25) is 0 Å². The van der Waals surface area contributed by atoms with Crippen molar-refractivity contribution in [1.29, 1.82) is 0 Å². The van der Waals surface area contributed by atoms with E-state index >= 15 is 0 Å². The first-order chi connectivity index (χ1) is 13.1. The van der Waals surface area contributed by atoms with Gasteiger partial charge in [0.05, 0.1) is 0 Å². The van der Waals surface area contributed by atoms with Crippen molar-refractivity contribution in [3.63, 3.8) is 0 Å². The monoisotopic (exact) mass is 377 g/mol. The third kappa shape index (κ3) is 3.88. The zero-order chi connectivity index (χ0) is 18.8. The Kier molecular flexibility index (Phi) is 4.94. The zero-order valence-electron chi connectivity index (χ0n) is 15.7. The Labute approximate surface area is 164 Å². The highest BCUT2D eigenvalue weighted by Gasteiger charge is 2.24. The number of thiazole rings is 1. The standard InChI is InChI=1S/C22H23N3OS/c1-16-6-8-18(9-7-16)21-23-20(15-27-21)22(26)25-12-10-24(11-13-25)19-5-3-4-17(2)14-19/h3-9,14-15H,10-13H2,1-2H3. The van der Waals surface area contributed by atoms with Gasteiger partial charge in [-0.05, 0) is 31.5 Å². The Bertz CT molecular complexity index is 940. The van der Waals surface area contributed by atoms with E-state index in [1.54, 1.807) is 0 Å². The van der Waals surface area contributed by atoms with Crippen LogP contribution in [0.15, 0.2) is 53.9 Å². The highest BCUT2D eigenvalue weighted by Crippen LogP contribution is 2.25. The third-order valence-electron chi connectivity index (χ3n) is 4.96. The van der Waals surface area contributed by atoms with Gasteiger partial charge >= 0.3 is 0 Å². The number of aromatic nitrogens is 1. The summed E-state index contributed by atoms with van der Waals surface area (Å²) in [6, 6.07) is 16.8. The molecule has 1 saturated heterocycles. The van der Waals surface area contributed by atoms with Crippen molar-refractivity contribution >= 4 is 22.9 Å². The Balaban J connectivity index is 1.42. The molecule has 0 N–H and O–H groups in total. The second kappa shape index (κ2) is 7.53. The molecule has 0 aliphatic carbocycles. The fourth-order valence-electron chi connectivity index (χ4n) is 3.36. The Morgan fingerprint density at radius 2 is 1.70 bits per heavy atom. The van der Waals surface area contributed by atoms with E-state index in [0.717, 1.165) is 36.8 Å².